The number of rotatable bonds is 7. The predicted molar refractivity (Wildman–Crippen MR) is 128 cm³/mol. The van der Waals surface area contributed by atoms with Gasteiger partial charge in [-0.2, -0.15) is 0 Å². The Hall–Kier alpha value is -2.22. The number of pyridine rings is 2. The summed E-state index contributed by atoms with van der Waals surface area (Å²) in [5.41, 5.74) is 1.49. The van der Waals surface area contributed by atoms with Gasteiger partial charge in [-0.3, -0.25) is 4.79 Å². The molecule has 0 spiro atoms. The molecule has 2 atom stereocenters. The summed E-state index contributed by atoms with van der Waals surface area (Å²) < 4.78 is 5.43. The first-order valence-electron chi connectivity index (χ1n) is 11.6. The lowest BCUT2D eigenvalue weighted by Gasteiger charge is -2.28. The minimum Gasteiger partial charge on any atom is -0.381 e. The zero-order chi connectivity index (χ0) is 22.3. The molecule has 2 aliphatic heterocycles. The van der Waals surface area contributed by atoms with E-state index in [2.05, 4.69) is 27.9 Å². The first-order valence-corrected chi connectivity index (χ1v) is 12.0. The van der Waals surface area contributed by atoms with Crippen molar-refractivity contribution in [3.05, 3.63) is 35.5 Å². The molecule has 3 N–H and O–H groups in total. The molecular weight excluding hydrogens is 426 g/mol. The quantitative estimate of drug-likeness (QED) is 0.572. The Morgan fingerprint density at radius 2 is 2.06 bits per heavy atom. The summed E-state index contributed by atoms with van der Waals surface area (Å²) in [4.78, 5) is 21.8. The number of nitrogens with one attached hydrogen (secondary N) is 3. The van der Waals surface area contributed by atoms with Crippen molar-refractivity contribution in [3.8, 4) is 11.3 Å². The fourth-order valence-electron chi connectivity index (χ4n) is 4.30. The number of nitrogens with zero attached hydrogens (tertiary/aromatic N) is 2. The molecule has 2 fully saturated rings. The summed E-state index contributed by atoms with van der Waals surface area (Å²) >= 11 is 6.44. The second-order valence-electron chi connectivity index (χ2n) is 8.67. The SMILES string of the molecule is CC[C@@H]1CC[C@@H](C(=O)Nc2cc(-c3cccc(NCC4CCOCC4)n3)c(Cl)cn2)CN1. The van der Waals surface area contributed by atoms with Crippen molar-refractivity contribution in [1.29, 1.82) is 0 Å². The van der Waals surface area contributed by atoms with Crippen molar-refractivity contribution >= 4 is 29.1 Å². The van der Waals surface area contributed by atoms with E-state index in [-0.39, 0.29) is 11.8 Å². The van der Waals surface area contributed by atoms with Crippen LogP contribution in [0.2, 0.25) is 5.02 Å². The van der Waals surface area contributed by atoms with Gasteiger partial charge in [0.25, 0.3) is 0 Å². The van der Waals surface area contributed by atoms with Gasteiger partial charge in [-0.05, 0) is 56.2 Å². The van der Waals surface area contributed by atoms with Crippen LogP contribution >= 0.6 is 11.6 Å². The largest absolute Gasteiger partial charge is 0.381 e. The van der Waals surface area contributed by atoms with Crippen LogP contribution < -0.4 is 16.0 Å². The summed E-state index contributed by atoms with van der Waals surface area (Å²) in [6.07, 6.45) is 6.71. The van der Waals surface area contributed by atoms with Crippen molar-refractivity contribution in [2.24, 2.45) is 11.8 Å². The number of halogens is 1. The van der Waals surface area contributed by atoms with Crippen molar-refractivity contribution in [2.45, 2.75) is 45.1 Å². The second-order valence-corrected chi connectivity index (χ2v) is 9.08. The molecule has 4 rings (SSSR count). The molecule has 7 nitrogen and oxygen atoms in total. The Bertz CT molecular complexity index is 911. The topological polar surface area (TPSA) is 88.2 Å². The molecule has 2 aliphatic rings. The van der Waals surface area contributed by atoms with Gasteiger partial charge in [0, 0.05) is 44.1 Å². The van der Waals surface area contributed by atoms with Gasteiger partial charge in [0.05, 0.1) is 16.6 Å². The maximum atomic E-state index is 12.7. The molecule has 8 heteroatoms. The van der Waals surface area contributed by atoms with Gasteiger partial charge in [-0.1, -0.05) is 24.6 Å². The van der Waals surface area contributed by atoms with Gasteiger partial charge in [-0.25, -0.2) is 9.97 Å². The van der Waals surface area contributed by atoms with E-state index in [1.807, 2.05) is 18.2 Å². The summed E-state index contributed by atoms with van der Waals surface area (Å²) in [5, 5.41) is 10.4. The molecule has 2 aromatic rings. The predicted octanol–water partition coefficient (Wildman–Crippen LogP) is 4.35. The summed E-state index contributed by atoms with van der Waals surface area (Å²) in [5.74, 6) is 1.85. The highest BCUT2D eigenvalue weighted by Gasteiger charge is 2.25. The van der Waals surface area contributed by atoms with E-state index >= 15 is 0 Å². The Balaban J connectivity index is 1.41. The number of amides is 1. The highest BCUT2D eigenvalue weighted by atomic mass is 35.5. The number of ether oxygens (including phenoxy) is 1. The monoisotopic (exact) mass is 457 g/mol. The Labute approximate surface area is 194 Å². The lowest BCUT2D eigenvalue weighted by atomic mass is 9.93. The van der Waals surface area contributed by atoms with Crippen LogP contribution in [0, 0.1) is 11.8 Å². The molecular formula is C24H32ClN5O2. The first-order chi connectivity index (χ1) is 15.6. The van der Waals surface area contributed by atoms with E-state index in [0.29, 0.717) is 29.3 Å². The summed E-state index contributed by atoms with van der Waals surface area (Å²) in [6.45, 7) is 5.40. The smallest absolute Gasteiger partial charge is 0.229 e. The van der Waals surface area contributed by atoms with Crippen LogP contribution in [0.4, 0.5) is 11.6 Å². The molecule has 0 aromatic carbocycles. The molecule has 0 saturated carbocycles. The number of anilines is 2. The Kier molecular flexibility index (Phi) is 7.95. The van der Waals surface area contributed by atoms with Crippen LogP contribution in [-0.2, 0) is 9.53 Å². The van der Waals surface area contributed by atoms with E-state index in [0.717, 1.165) is 68.9 Å². The second kappa shape index (κ2) is 11.1. The van der Waals surface area contributed by atoms with Crippen LogP contribution in [0.25, 0.3) is 11.3 Å². The lowest BCUT2D eigenvalue weighted by molar-refractivity contribution is -0.120. The molecule has 1 amide bonds. The number of hydrogen-bond acceptors (Lipinski definition) is 6. The number of carbonyl (C=O) groups excluding carboxylic acids is 1. The van der Waals surface area contributed by atoms with E-state index in [1.54, 1.807) is 12.3 Å². The molecule has 0 radical (unpaired) electrons. The van der Waals surface area contributed by atoms with Gasteiger partial charge in [0.15, 0.2) is 0 Å². The van der Waals surface area contributed by atoms with Gasteiger partial charge < -0.3 is 20.7 Å². The zero-order valence-electron chi connectivity index (χ0n) is 18.6. The molecule has 0 unspecified atom stereocenters. The third-order valence-corrected chi connectivity index (χ3v) is 6.73. The van der Waals surface area contributed by atoms with Crippen molar-refractivity contribution in [2.75, 3.05) is 36.9 Å². The first kappa shape index (κ1) is 23.0. The standard InChI is InChI=1S/C24H32ClN5O2/c1-2-18-7-6-17(14-26-18)24(31)30-23-12-19(20(25)15-28-23)21-4-3-5-22(29-21)27-13-16-8-10-32-11-9-16/h3-5,12,15-18,26H,2,6-11,13-14H2,1H3,(H,27,29)(H,28,30,31)/t17-,18-/m1/s1. The average molecular weight is 458 g/mol. The maximum absolute atomic E-state index is 12.7. The number of carbonyl (C=O) groups is 1. The van der Waals surface area contributed by atoms with Gasteiger partial charge >= 0.3 is 0 Å². The van der Waals surface area contributed by atoms with E-state index < -0.39 is 0 Å². The number of hydrogen-bond donors (Lipinski definition) is 3. The van der Waals surface area contributed by atoms with E-state index in [9.17, 15) is 4.79 Å². The van der Waals surface area contributed by atoms with Crippen LogP contribution in [0.15, 0.2) is 30.5 Å². The highest BCUT2D eigenvalue weighted by molar-refractivity contribution is 6.33. The Morgan fingerprint density at radius 1 is 1.22 bits per heavy atom. The third-order valence-electron chi connectivity index (χ3n) is 6.42. The third kappa shape index (κ3) is 5.97. The number of aromatic nitrogens is 2. The summed E-state index contributed by atoms with van der Waals surface area (Å²) in [6, 6.07) is 8.15. The molecule has 0 bridgehead atoms. The minimum atomic E-state index is -0.0467. The molecule has 172 valence electrons. The average Bonchev–Trinajstić information content (AvgIpc) is 2.85. The van der Waals surface area contributed by atoms with Gasteiger partial charge in [0.2, 0.25) is 5.91 Å². The van der Waals surface area contributed by atoms with E-state index in [1.165, 1.54) is 0 Å². The van der Waals surface area contributed by atoms with Crippen molar-refractivity contribution < 1.29 is 9.53 Å². The normalized spacial score (nSPS) is 21.8. The number of piperidine rings is 1. The molecule has 2 aromatic heterocycles. The molecule has 32 heavy (non-hydrogen) atoms. The summed E-state index contributed by atoms with van der Waals surface area (Å²) in [7, 11) is 0. The van der Waals surface area contributed by atoms with Crippen LogP contribution in [0.1, 0.15) is 39.0 Å². The fraction of sp³-hybridized carbons (Fsp3) is 0.542. The molecule has 0 aliphatic carbocycles. The van der Waals surface area contributed by atoms with E-state index in [4.69, 9.17) is 21.3 Å². The minimum absolute atomic E-state index is 0.00679. The Morgan fingerprint density at radius 3 is 2.81 bits per heavy atom. The molecule has 4 heterocycles. The fourth-order valence-corrected chi connectivity index (χ4v) is 4.50. The maximum Gasteiger partial charge on any atom is 0.229 e. The van der Waals surface area contributed by atoms with Crippen LogP contribution in [0.5, 0.6) is 0 Å². The molecule has 2 saturated heterocycles. The highest BCUT2D eigenvalue weighted by Crippen LogP contribution is 2.29. The lowest BCUT2D eigenvalue weighted by Crippen LogP contribution is -2.43. The van der Waals surface area contributed by atoms with Crippen LogP contribution in [0.3, 0.4) is 0 Å². The van der Waals surface area contributed by atoms with Gasteiger partial charge in [0.1, 0.15) is 11.6 Å². The van der Waals surface area contributed by atoms with Gasteiger partial charge in [-0.15, -0.1) is 0 Å². The van der Waals surface area contributed by atoms with Crippen molar-refractivity contribution in [1.82, 2.24) is 15.3 Å². The van der Waals surface area contributed by atoms with Crippen LogP contribution in [-0.4, -0.2) is 48.2 Å². The van der Waals surface area contributed by atoms with Crippen molar-refractivity contribution in [3.63, 3.8) is 0 Å². The zero-order valence-corrected chi connectivity index (χ0v) is 19.3.